The van der Waals surface area contributed by atoms with Gasteiger partial charge in [-0.05, 0) is 22.0 Å². The number of pyridine rings is 1. The zero-order valence-corrected chi connectivity index (χ0v) is 11.8. The van der Waals surface area contributed by atoms with E-state index < -0.39 is 0 Å². The largest absolute Gasteiger partial charge is 0.372 e. The van der Waals surface area contributed by atoms with E-state index in [1.807, 2.05) is 0 Å². The van der Waals surface area contributed by atoms with Gasteiger partial charge in [-0.25, -0.2) is 15.0 Å². The molecule has 0 aromatic carbocycles. The van der Waals surface area contributed by atoms with Crippen molar-refractivity contribution in [1.82, 2.24) is 15.0 Å². The Bertz CT molecular complexity index is 562. The molecule has 0 amide bonds. The lowest BCUT2D eigenvalue weighted by Crippen LogP contribution is -1.99. The normalized spacial score (nSPS) is 10.4. The molecule has 0 saturated heterocycles. The van der Waals surface area contributed by atoms with E-state index in [2.05, 4.69) is 36.2 Å². The minimum atomic E-state index is 0.418. The Morgan fingerprint density at radius 2 is 2.00 bits per heavy atom. The highest BCUT2D eigenvalue weighted by molar-refractivity contribution is 9.10. The molecule has 17 heavy (non-hydrogen) atoms. The molecule has 0 aliphatic rings. The van der Waals surface area contributed by atoms with Crippen LogP contribution in [0.5, 0.6) is 0 Å². The summed E-state index contributed by atoms with van der Waals surface area (Å²) in [5.74, 6) is 1.11. The van der Waals surface area contributed by atoms with Crippen LogP contribution in [-0.2, 0) is 0 Å². The molecule has 7 heteroatoms. The number of anilines is 1. The van der Waals surface area contributed by atoms with Crippen molar-refractivity contribution in [1.29, 1.82) is 0 Å². The predicted octanol–water partition coefficient (Wildman–Crippen LogP) is 3.65. The topological polar surface area (TPSA) is 50.7 Å². The van der Waals surface area contributed by atoms with Gasteiger partial charge in [-0.15, -0.1) is 0 Å². The van der Waals surface area contributed by atoms with Gasteiger partial charge in [0.1, 0.15) is 11.5 Å². The van der Waals surface area contributed by atoms with E-state index >= 15 is 0 Å². The second-order valence-electron chi connectivity index (χ2n) is 3.12. The number of rotatable bonds is 2. The van der Waals surface area contributed by atoms with E-state index in [1.54, 1.807) is 19.3 Å². The summed E-state index contributed by atoms with van der Waals surface area (Å²) in [4.78, 5) is 12.6. The van der Waals surface area contributed by atoms with E-state index in [0.717, 1.165) is 4.47 Å². The second-order valence-corrected chi connectivity index (χ2v) is 4.82. The van der Waals surface area contributed by atoms with Gasteiger partial charge in [0.2, 0.25) is 0 Å². The molecule has 4 nitrogen and oxygen atoms in total. The Balaban J connectivity index is 2.53. The molecule has 0 saturated carbocycles. The third-order valence-electron chi connectivity index (χ3n) is 2.00. The molecule has 0 fully saturated rings. The number of nitrogens with zero attached hydrogens (tertiary/aromatic N) is 3. The predicted molar refractivity (Wildman–Crippen MR) is 72.5 cm³/mol. The highest BCUT2D eigenvalue weighted by atomic mass is 79.9. The van der Waals surface area contributed by atoms with Gasteiger partial charge in [0.15, 0.2) is 5.82 Å². The zero-order valence-electron chi connectivity index (χ0n) is 8.71. The molecule has 0 aliphatic carbocycles. The molecular formula is C10H7BrCl2N4. The standard InChI is InChI=1S/C10H7BrCl2N4/c1-14-9-6(11)4-16-10(17-9)8-7(13)2-5(12)3-15-8/h2-4H,1H3,(H,14,16,17). The number of hydrogen-bond donors (Lipinski definition) is 1. The molecule has 2 rings (SSSR count). The van der Waals surface area contributed by atoms with E-state index in [9.17, 15) is 0 Å². The molecule has 0 spiro atoms. The first-order valence-corrected chi connectivity index (χ1v) is 6.18. The number of nitrogens with one attached hydrogen (secondary N) is 1. The minimum Gasteiger partial charge on any atom is -0.372 e. The van der Waals surface area contributed by atoms with Crippen LogP contribution in [0.3, 0.4) is 0 Å². The fraction of sp³-hybridized carbons (Fsp3) is 0.100. The van der Waals surface area contributed by atoms with E-state index in [0.29, 0.717) is 27.4 Å². The fourth-order valence-corrected chi connectivity index (χ4v) is 2.09. The lowest BCUT2D eigenvalue weighted by atomic mass is 10.3. The minimum absolute atomic E-state index is 0.418. The monoisotopic (exact) mass is 332 g/mol. The summed E-state index contributed by atoms with van der Waals surface area (Å²) >= 11 is 15.2. The Morgan fingerprint density at radius 3 is 2.65 bits per heavy atom. The molecule has 88 valence electrons. The molecule has 0 atom stereocenters. The first-order chi connectivity index (χ1) is 8.11. The highest BCUT2D eigenvalue weighted by Crippen LogP contribution is 2.27. The van der Waals surface area contributed by atoms with Gasteiger partial charge in [-0.2, -0.15) is 0 Å². The van der Waals surface area contributed by atoms with Crippen molar-refractivity contribution in [3.05, 3.63) is 33.0 Å². The van der Waals surface area contributed by atoms with Crippen molar-refractivity contribution >= 4 is 44.9 Å². The maximum absolute atomic E-state index is 6.04. The Kier molecular flexibility index (Phi) is 3.81. The van der Waals surface area contributed by atoms with Crippen molar-refractivity contribution in [3.63, 3.8) is 0 Å². The second kappa shape index (κ2) is 5.16. The number of hydrogen-bond acceptors (Lipinski definition) is 4. The molecule has 0 bridgehead atoms. The summed E-state index contributed by atoms with van der Waals surface area (Å²) in [6, 6.07) is 1.61. The molecule has 1 N–H and O–H groups in total. The zero-order chi connectivity index (χ0) is 12.4. The van der Waals surface area contributed by atoms with Crippen LogP contribution in [0.4, 0.5) is 5.82 Å². The van der Waals surface area contributed by atoms with Crippen molar-refractivity contribution in [2.45, 2.75) is 0 Å². The first kappa shape index (κ1) is 12.5. The SMILES string of the molecule is CNc1nc(-c2ncc(Cl)cc2Cl)ncc1Br. The van der Waals surface area contributed by atoms with Crippen molar-refractivity contribution < 1.29 is 0 Å². The van der Waals surface area contributed by atoms with Gasteiger partial charge < -0.3 is 5.32 Å². The van der Waals surface area contributed by atoms with Crippen LogP contribution in [-0.4, -0.2) is 22.0 Å². The molecule has 0 aliphatic heterocycles. The highest BCUT2D eigenvalue weighted by Gasteiger charge is 2.11. The average molecular weight is 334 g/mol. The van der Waals surface area contributed by atoms with Gasteiger partial charge in [0, 0.05) is 19.4 Å². The van der Waals surface area contributed by atoms with Crippen LogP contribution >= 0.6 is 39.1 Å². The summed E-state index contributed by atoms with van der Waals surface area (Å²) in [5.41, 5.74) is 0.500. The van der Waals surface area contributed by atoms with Gasteiger partial charge in [0.25, 0.3) is 0 Å². The van der Waals surface area contributed by atoms with Crippen LogP contribution in [0.1, 0.15) is 0 Å². The molecule has 0 unspecified atom stereocenters. The lowest BCUT2D eigenvalue weighted by Gasteiger charge is -2.06. The first-order valence-electron chi connectivity index (χ1n) is 4.63. The Morgan fingerprint density at radius 1 is 1.24 bits per heavy atom. The van der Waals surface area contributed by atoms with E-state index in [1.165, 1.54) is 6.20 Å². The number of halogens is 3. The molecule has 2 aromatic heterocycles. The van der Waals surface area contributed by atoms with Crippen LogP contribution in [0.15, 0.2) is 22.9 Å². The fourth-order valence-electron chi connectivity index (χ4n) is 1.24. The average Bonchev–Trinajstić information content (AvgIpc) is 2.30. The maximum Gasteiger partial charge on any atom is 0.181 e. The Hall–Kier alpha value is -0.910. The molecule has 0 radical (unpaired) electrons. The molecular weight excluding hydrogens is 327 g/mol. The number of aromatic nitrogens is 3. The maximum atomic E-state index is 6.04. The van der Waals surface area contributed by atoms with Gasteiger partial charge in [-0.3, -0.25) is 0 Å². The van der Waals surface area contributed by atoms with Crippen LogP contribution in [0.25, 0.3) is 11.5 Å². The lowest BCUT2D eigenvalue weighted by molar-refractivity contribution is 1.12. The summed E-state index contributed by atoms with van der Waals surface area (Å²) < 4.78 is 0.772. The third-order valence-corrected chi connectivity index (χ3v) is 3.08. The molecule has 2 heterocycles. The van der Waals surface area contributed by atoms with Crippen molar-refractivity contribution in [2.75, 3.05) is 12.4 Å². The summed E-state index contributed by atoms with van der Waals surface area (Å²) in [5, 5.41) is 3.84. The van der Waals surface area contributed by atoms with Gasteiger partial charge in [0.05, 0.1) is 14.5 Å². The van der Waals surface area contributed by atoms with Crippen molar-refractivity contribution in [2.24, 2.45) is 0 Å². The smallest absolute Gasteiger partial charge is 0.181 e. The van der Waals surface area contributed by atoms with Crippen LogP contribution in [0, 0.1) is 0 Å². The van der Waals surface area contributed by atoms with Crippen LogP contribution < -0.4 is 5.32 Å². The van der Waals surface area contributed by atoms with Crippen LogP contribution in [0.2, 0.25) is 10.0 Å². The van der Waals surface area contributed by atoms with E-state index in [4.69, 9.17) is 23.2 Å². The Labute approximate surface area is 117 Å². The molecule has 2 aromatic rings. The summed E-state index contributed by atoms with van der Waals surface area (Å²) in [6.45, 7) is 0. The summed E-state index contributed by atoms with van der Waals surface area (Å²) in [7, 11) is 1.77. The van der Waals surface area contributed by atoms with Gasteiger partial charge in [-0.1, -0.05) is 23.2 Å². The van der Waals surface area contributed by atoms with E-state index in [-0.39, 0.29) is 0 Å². The van der Waals surface area contributed by atoms with Gasteiger partial charge >= 0.3 is 0 Å². The quantitative estimate of drug-likeness (QED) is 0.911. The summed E-state index contributed by atoms with van der Waals surface area (Å²) in [6.07, 6.45) is 3.15. The third kappa shape index (κ3) is 2.68. The van der Waals surface area contributed by atoms with Crippen molar-refractivity contribution in [3.8, 4) is 11.5 Å².